The van der Waals surface area contributed by atoms with Crippen LogP contribution in [0.2, 0.25) is 0 Å². The van der Waals surface area contributed by atoms with Gasteiger partial charge in [-0.2, -0.15) is 4.31 Å². The molecule has 3 rings (SSSR count). The van der Waals surface area contributed by atoms with E-state index < -0.39 is 10.0 Å². The van der Waals surface area contributed by atoms with Crippen LogP contribution in [0.1, 0.15) is 42.5 Å². The third-order valence-corrected chi connectivity index (χ3v) is 7.65. The van der Waals surface area contributed by atoms with Crippen LogP contribution in [0.4, 0.5) is 0 Å². The average molecular weight is 425 g/mol. The second kappa shape index (κ2) is 10.5. The van der Waals surface area contributed by atoms with E-state index in [1.807, 2.05) is 4.90 Å². The van der Waals surface area contributed by atoms with Gasteiger partial charge in [0.05, 0.1) is 18.1 Å². The minimum atomic E-state index is -3.46. The summed E-state index contributed by atoms with van der Waals surface area (Å²) in [5.41, 5.74) is 0.539. The molecule has 0 spiro atoms. The van der Waals surface area contributed by atoms with Crippen LogP contribution < -0.4 is 0 Å². The number of ether oxygens (including phenoxy) is 2. The van der Waals surface area contributed by atoms with E-state index in [4.69, 9.17) is 9.47 Å². The molecule has 0 bridgehead atoms. The Morgan fingerprint density at radius 1 is 1.00 bits per heavy atom. The maximum absolute atomic E-state index is 12.8. The van der Waals surface area contributed by atoms with E-state index in [9.17, 15) is 13.2 Å². The van der Waals surface area contributed by atoms with E-state index in [0.717, 1.165) is 32.1 Å². The van der Waals surface area contributed by atoms with Gasteiger partial charge in [0.1, 0.15) is 0 Å². The van der Waals surface area contributed by atoms with Gasteiger partial charge in [-0.15, -0.1) is 0 Å². The number of likely N-dealkylation sites (tertiary alicyclic amines) is 1. The van der Waals surface area contributed by atoms with Gasteiger partial charge in [-0.25, -0.2) is 8.42 Å². The van der Waals surface area contributed by atoms with E-state index in [0.29, 0.717) is 57.5 Å². The lowest BCUT2D eigenvalue weighted by Crippen LogP contribution is -2.39. The third-order valence-electron chi connectivity index (χ3n) is 5.74. The van der Waals surface area contributed by atoms with Crippen molar-refractivity contribution in [2.45, 2.75) is 37.0 Å². The molecule has 162 valence electrons. The fourth-order valence-corrected chi connectivity index (χ4v) is 5.42. The van der Waals surface area contributed by atoms with Crippen molar-refractivity contribution in [3.05, 3.63) is 29.8 Å². The second-order valence-corrected chi connectivity index (χ2v) is 9.73. The van der Waals surface area contributed by atoms with Crippen molar-refractivity contribution in [3.8, 4) is 0 Å². The fourth-order valence-electron chi connectivity index (χ4n) is 3.90. The number of hydrogen-bond acceptors (Lipinski definition) is 5. The van der Waals surface area contributed by atoms with Crippen molar-refractivity contribution in [1.29, 1.82) is 0 Å². The molecule has 0 saturated carbocycles. The predicted molar refractivity (Wildman–Crippen MR) is 110 cm³/mol. The van der Waals surface area contributed by atoms with Gasteiger partial charge in [0.2, 0.25) is 10.0 Å². The Labute approximate surface area is 174 Å². The Balaban J connectivity index is 1.53. The van der Waals surface area contributed by atoms with Crippen molar-refractivity contribution in [1.82, 2.24) is 9.21 Å². The Bertz CT molecular complexity index is 752. The maximum atomic E-state index is 12.8. The van der Waals surface area contributed by atoms with E-state index >= 15 is 0 Å². The van der Waals surface area contributed by atoms with Gasteiger partial charge in [-0.1, -0.05) is 6.42 Å². The molecular formula is C21H32N2O5S. The SMILES string of the molecule is COCCOCC1CCN(C(=O)c2ccc(S(=O)(=O)N3CCCCC3)cc2)CC1. The zero-order valence-electron chi connectivity index (χ0n) is 17.2. The fraction of sp³-hybridized carbons (Fsp3) is 0.667. The number of benzene rings is 1. The van der Waals surface area contributed by atoms with E-state index in [1.54, 1.807) is 35.7 Å². The Morgan fingerprint density at radius 3 is 2.28 bits per heavy atom. The molecule has 2 aliphatic heterocycles. The maximum Gasteiger partial charge on any atom is 0.253 e. The number of hydrogen-bond donors (Lipinski definition) is 0. The zero-order chi connectivity index (χ0) is 20.7. The molecule has 0 N–H and O–H groups in total. The zero-order valence-corrected chi connectivity index (χ0v) is 18.0. The highest BCUT2D eigenvalue weighted by Crippen LogP contribution is 2.23. The molecule has 1 aromatic carbocycles. The second-order valence-electron chi connectivity index (χ2n) is 7.79. The largest absolute Gasteiger partial charge is 0.382 e. The number of rotatable bonds is 8. The first-order valence-corrected chi connectivity index (χ1v) is 11.9. The molecule has 2 saturated heterocycles. The highest BCUT2D eigenvalue weighted by Gasteiger charge is 2.27. The summed E-state index contributed by atoms with van der Waals surface area (Å²) in [5.74, 6) is 0.429. The van der Waals surface area contributed by atoms with Crippen molar-refractivity contribution >= 4 is 15.9 Å². The summed E-state index contributed by atoms with van der Waals surface area (Å²) < 4.78 is 37.6. The van der Waals surface area contributed by atoms with Crippen molar-refractivity contribution in [2.24, 2.45) is 5.92 Å². The molecule has 1 amide bonds. The van der Waals surface area contributed by atoms with Crippen LogP contribution in [-0.4, -0.2) is 76.6 Å². The predicted octanol–water partition coefficient (Wildman–Crippen LogP) is 2.38. The van der Waals surface area contributed by atoms with Gasteiger partial charge >= 0.3 is 0 Å². The molecule has 8 heteroatoms. The molecule has 29 heavy (non-hydrogen) atoms. The van der Waals surface area contributed by atoms with Crippen molar-refractivity contribution < 1.29 is 22.7 Å². The molecular weight excluding hydrogens is 392 g/mol. The van der Waals surface area contributed by atoms with Crippen molar-refractivity contribution in [2.75, 3.05) is 53.1 Å². The lowest BCUT2D eigenvalue weighted by atomic mass is 9.97. The molecule has 0 atom stereocenters. The quantitative estimate of drug-likeness (QED) is 0.599. The summed E-state index contributed by atoms with van der Waals surface area (Å²) in [4.78, 5) is 14.9. The summed E-state index contributed by atoms with van der Waals surface area (Å²) in [6.07, 6.45) is 4.72. The summed E-state index contributed by atoms with van der Waals surface area (Å²) in [6.45, 7) is 4.45. The number of amides is 1. The first kappa shape index (κ1) is 22.2. The lowest BCUT2D eigenvalue weighted by molar-refractivity contribution is 0.0327. The Morgan fingerprint density at radius 2 is 1.66 bits per heavy atom. The number of carbonyl (C=O) groups excluding carboxylic acids is 1. The van der Waals surface area contributed by atoms with E-state index in [2.05, 4.69) is 0 Å². The number of methoxy groups -OCH3 is 1. The molecule has 2 fully saturated rings. The van der Waals surface area contributed by atoms with Crippen LogP contribution in [0.5, 0.6) is 0 Å². The standard InChI is InChI=1S/C21H32N2O5S/c1-27-15-16-28-17-18-9-13-22(14-10-18)21(24)19-5-7-20(8-6-19)29(25,26)23-11-3-2-4-12-23/h5-8,18H,2-4,9-17H2,1H3. The smallest absolute Gasteiger partial charge is 0.253 e. The molecule has 7 nitrogen and oxygen atoms in total. The monoisotopic (exact) mass is 424 g/mol. The van der Waals surface area contributed by atoms with E-state index in [-0.39, 0.29) is 10.8 Å². The van der Waals surface area contributed by atoms with Gasteiger partial charge in [0, 0.05) is 45.5 Å². The van der Waals surface area contributed by atoms with Crippen LogP contribution in [0.3, 0.4) is 0 Å². The lowest BCUT2D eigenvalue weighted by Gasteiger charge is -2.32. The molecule has 2 aliphatic rings. The molecule has 2 heterocycles. The van der Waals surface area contributed by atoms with Gasteiger partial charge < -0.3 is 14.4 Å². The highest BCUT2D eigenvalue weighted by atomic mass is 32.2. The normalized spacial score (nSPS) is 19.4. The first-order chi connectivity index (χ1) is 14.0. The van der Waals surface area contributed by atoms with Crippen LogP contribution in [0, 0.1) is 5.92 Å². The van der Waals surface area contributed by atoms with Gasteiger partial charge in [0.15, 0.2) is 0 Å². The van der Waals surface area contributed by atoms with Gasteiger partial charge in [-0.3, -0.25) is 4.79 Å². The third kappa shape index (κ3) is 5.78. The molecule has 0 unspecified atom stereocenters. The minimum Gasteiger partial charge on any atom is -0.382 e. The van der Waals surface area contributed by atoms with Gasteiger partial charge in [-0.05, 0) is 55.9 Å². The number of sulfonamides is 1. The average Bonchev–Trinajstić information content (AvgIpc) is 2.77. The van der Waals surface area contributed by atoms with Gasteiger partial charge in [0.25, 0.3) is 5.91 Å². The Kier molecular flexibility index (Phi) is 8.06. The summed E-state index contributed by atoms with van der Waals surface area (Å²) in [7, 11) is -1.81. The summed E-state index contributed by atoms with van der Waals surface area (Å²) in [5, 5.41) is 0. The van der Waals surface area contributed by atoms with Crippen molar-refractivity contribution in [3.63, 3.8) is 0 Å². The molecule has 0 aliphatic carbocycles. The minimum absolute atomic E-state index is 0.0364. The molecule has 0 aromatic heterocycles. The van der Waals surface area contributed by atoms with E-state index in [1.165, 1.54) is 0 Å². The Hall–Kier alpha value is -1.48. The van der Waals surface area contributed by atoms with Crippen LogP contribution in [-0.2, 0) is 19.5 Å². The van der Waals surface area contributed by atoms with Crippen LogP contribution >= 0.6 is 0 Å². The van der Waals surface area contributed by atoms with Crippen LogP contribution in [0.15, 0.2) is 29.2 Å². The number of piperidine rings is 2. The van der Waals surface area contributed by atoms with Crippen LogP contribution in [0.25, 0.3) is 0 Å². The highest BCUT2D eigenvalue weighted by molar-refractivity contribution is 7.89. The number of nitrogens with zero attached hydrogens (tertiary/aromatic N) is 2. The molecule has 0 radical (unpaired) electrons. The summed E-state index contributed by atoms with van der Waals surface area (Å²) in [6, 6.07) is 6.40. The number of carbonyl (C=O) groups is 1. The summed E-state index contributed by atoms with van der Waals surface area (Å²) >= 11 is 0. The topological polar surface area (TPSA) is 76.1 Å². The molecule has 1 aromatic rings. The first-order valence-electron chi connectivity index (χ1n) is 10.5.